The molecule has 19 heavy (non-hydrogen) atoms. The standard InChI is InChI=1S/C13H10F2N2O2/c1-7(2)12-6-19-13(18)17(12)11-4-9(14)8(5-16)3-10(11)15/h3-4,6-7H,1-2H3. The van der Waals surface area contributed by atoms with Gasteiger partial charge >= 0.3 is 5.76 Å². The van der Waals surface area contributed by atoms with Gasteiger partial charge < -0.3 is 4.42 Å². The fraction of sp³-hybridized carbons (Fsp3) is 0.231. The fourth-order valence-electron chi connectivity index (χ4n) is 1.75. The van der Waals surface area contributed by atoms with E-state index in [2.05, 4.69) is 0 Å². The molecule has 4 nitrogen and oxygen atoms in total. The van der Waals surface area contributed by atoms with Gasteiger partial charge in [-0.15, -0.1) is 0 Å². The van der Waals surface area contributed by atoms with E-state index in [-0.39, 0.29) is 11.6 Å². The number of hydrogen-bond acceptors (Lipinski definition) is 3. The Balaban J connectivity index is 2.74. The minimum absolute atomic E-state index is 0.107. The summed E-state index contributed by atoms with van der Waals surface area (Å²) in [4.78, 5) is 11.6. The predicted octanol–water partition coefficient (Wildman–Crippen LogP) is 2.70. The van der Waals surface area contributed by atoms with Crippen molar-refractivity contribution in [1.29, 1.82) is 5.26 Å². The first-order chi connectivity index (χ1) is 8.95. The van der Waals surface area contributed by atoms with Crippen LogP contribution >= 0.6 is 0 Å². The van der Waals surface area contributed by atoms with E-state index in [4.69, 9.17) is 9.68 Å². The molecule has 0 amide bonds. The van der Waals surface area contributed by atoms with Crippen LogP contribution in [0.3, 0.4) is 0 Å². The summed E-state index contributed by atoms with van der Waals surface area (Å²) in [6, 6.07) is 3.11. The van der Waals surface area contributed by atoms with Crippen molar-refractivity contribution in [2.24, 2.45) is 0 Å². The van der Waals surface area contributed by atoms with E-state index >= 15 is 0 Å². The van der Waals surface area contributed by atoms with Gasteiger partial charge in [-0.05, 0) is 12.0 Å². The maximum absolute atomic E-state index is 13.9. The van der Waals surface area contributed by atoms with Crippen LogP contribution in [0.4, 0.5) is 8.78 Å². The molecule has 0 saturated carbocycles. The number of benzene rings is 1. The summed E-state index contributed by atoms with van der Waals surface area (Å²) in [6.45, 7) is 3.58. The minimum Gasteiger partial charge on any atom is -0.416 e. The second kappa shape index (κ2) is 4.69. The van der Waals surface area contributed by atoms with Crippen molar-refractivity contribution in [2.45, 2.75) is 19.8 Å². The Morgan fingerprint density at radius 1 is 1.32 bits per heavy atom. The molecule has 0 aliphatic carbocycles. The summed E-state index contributed by atoms with van der Waals surface area (Å²) in [6.07, 6.45) is 1.21. The Labute approximate surface area is 107 Å². The number of halogens is 2. The molecule has 0 bridgehead atoms. The van der Waals surface area contributed by atoms with Crippen LogP contribution in [0.1, 0.15) is 31.0 Å². The van der Waals surface area contributed by atoms with Gasteiger partial charge in [-0.3, -0.25) is 0 Å². The second-order valence-electron chi connectivity index (χ2n) is 4.31. The highest BCUT2D eigenvalue weighted by Crippen LogP contribution is 2.22. The molecule has 0 saturated heterocycles. The van der Waals surface area contributed by atoms with Crippen LogP contribution < -0.4 is 5.76 Å². The molecule has 2 rings (SSSR count). The van der Waals surface area contributed by atoms with Crippen molar-refractivity contribution >= 4 is 0 Å². The zero-order valence-electron chi connectivity index (χ0n) is 10.3. The summed E-state index contributed by atoms with van der Waals surface area (Å²) in [5.74, 6) is -2.65. The summed E-state index contributed by atoms with van der Waals surface area (Å²) in [7, 11) is 0. The largest absolute Gasteiger partial charge is 0.423 e. The lowest BCUT2D eigenvalue weighted by molar-refractivity contribution is 0.499. The van der Waals surface area contributed by atoms with E-state index in [9.17, 15) is 13.6 Å². The zero-order chi connectivity index (χ0) is 14.2. The van der Waals surface area contributed by atoms with E-state index in [1.807, 2.05) is 0 Å². The van der Waals surface area contributed by atoms with Crippen molar-refractivity contribution in [3.05, 3.63) is 51.8 Å². The Kier molecular flexibility index (Phi) is 3.21. The molecule has 0 fully saturated rings. The van der Waals surface area contributed by atoms with E-state index < -0.39 is 23.0 Å². The van der Waals surface area contributed by atoms with Gasteiger partial charge in [0.15, 0.2) is 0 Å². The van der Waals surface area contributed by atoms with Crippen LogP contribution in [0.5, 0.6) is 0 Å². The molecule has 0 atom stereocenters. The highest BCUT2D eigenvalue weighted by molar-refractivity contribution is 5.43. The van der Waals surface area contributed by atoms with Crippen molar-refractivity contribution in [2.75, 3.05) is 0 Å². The van der Waals surface area contributed by atoms with Gasteiger partial charge in [0.25, 0.3) is 0 Å². The third-order valence-electron chi connectivity index (χ3n) is 2.71. The average Bonchev–Trinajstić information content (AvgIpc) is 2.73. The second-order valence-corrected chi connectivity index (χ2v) is 4.31. The molecule has 0 unspecified atom stereocenters. The van der Waals surface area contributed by atoms with Gasteiger partial charge in [-0.25, -0.2) is 18.1 Å². The first kappa shape index (κ1) is 13.0. The van der Waals surface area contributed by atoms with Crippen LogP contribution in [0.25, 0.3) is 5.69 Å². The monoisotopic (exact) mass is 264 g/mol. The maximum Gasteiger partial charge on any atom is 0.423 e. The topological polar surface area (TPSA) is 58.9 Å². The summed E-state index contributed by atoms with van der Waals surface area (Å²) < 4.78 is 33.1. The quantitative estimate of drug-likeness (QED) is 0.837. The van der Waals surface area contributed by atoms with Crippen molar-refractivity contribution in [1.82, 2.24) is 4.57 Å². The molecule has 0 N–H and O–H groups in total. The van der Waals surface area contributed by atoms with E-state index in [0.29, 0.717) is 5.69 Å². The number of rotatable bonds is 2. The Bertz CT molecular complexity index is 723. The lowest BCUT2D eigenvalue weighted by Gasteiger charge is -2.10. The van der Waals surface area contributed by atoms with Crippen molar-refractivity contribution in [3.8, 4) is 11.8 Å². The average molecular weight is 264 g/mol. The molecule has 2 aromatic rings. The van der Waals surface area contributed by atoms with Gasteiger partial charge in [0.2, 0.25) is 0 Å². The van der Waals surface area contributed by atoms with Gasteiger partial charge in [0, 0.05) is 6.07 Å². The normalized spacial score (nSPS) is 10.7. The molecule has 1 aromatic heterocycles. The third-order valence-corrected chi connectivity index (χ3v) is 2.71. The fourth-order valence-corrected chi connectivity index (χ4v) is 1.75. The summed E-state index contributed by atoms with van der Waals surface area (Å²) >= 11 is 0. The van der Waals surface area contributed by atoms with Gasteiger partial charge in [0.05, 0.1) is 16.9 Å². The predicted molar refractivity (Wildman–Crippen MR) is 63.0 cm³/mol. The third kappa shape index (κ3) is 2.15. The molecule has 6 heteroatoms. The van der Waals surface area contributed by atoms with E-state index in [1.165, 1.54) is 12.3 Å². The van der Waals surface area contributed by atoms with Crippen LogP contribution in [-0.4, -0.2) is 4.57 Å². The summed E-state index contributed by atoms with van der Waals surface area (Å²) in [5.41, 5.74) is -0.254. The van der Waals surface area contributed by atoms with Crippen LogP contribution in [-0.2, 0) is 0 Å². The summed E-state index contributed by atoms with van der Waals surface area (Å²) in [5, 5.41) is 8.62. The minimum atomic E-state index is -0.887. The number of nitrogens with zero attached hydrogens (tertiary/aromatic N) is 2. The molecule has 0 aliphatic heterocycles. The lowest BCUT2D eigenvalue weighted by Crippen LogP contribution is -2.17. The number of hydrogen-bond donors (Lipinski definition) is 0. The van der Waals surface area contributed by atoms with Gasteiger partial charge in [-0.2, -0.15) is 5.26 Å². The Morgan fingerprint density at radius 3 is 2.58 bits per heavy atom. The van der Waals surface area contributed by atoms with Gasteiger partial charge in [0.1, 0.15) is 24.0 Å². The maximum atomic E-state index is 13.9. The number of nitriles is 1. The number of aromatic nitrogens is 1. The smallest absolute Gasteiger partial charge is 0.416 e. The van der Waals surface area contributed by atoms with Crippen molar-refractivity contribution < 1.29 is 13.2 Å². The highest BCUT2D eigenvalue weighted by Gasteiger charge is 2.18. The molecular weight excluding hydrogens is 254 g/mol. The molecule has 0 spiro atoms. The SMILES string of the molecule is CC(C)c1coc(=O)n1-c1cc(F)c(C#N)cc1F. The van der Waals surface area contributed by atoms with Crippen molar-refractivity contribution in [3.63, 3.8) is 0 Å². The molecular formula is C13H10F2N2O2. The Morgan fingerprint density at radius 2 is 2.00 bits per heavy atom. The van der Waals surface area contributed by atoms with Crippen LogP contribution in [0, 0.1) is 23.0 Å². The molecule has 98 valence electrons. The molecule has 1 aromatic carbocycles. The van der Waals surface area contributed by atoms with E-state index in [1.54, 1.807) is 13.8 Å². The first-order valence-corrected chi connectivity index (χ1v) is 5.55. The Hall–Kier alpha value is -2.42. The zero-order valence-corrected chi connectivity index (χ0v) is 10.3. The molecule has 0 radical (unpaired) electrons. The molecule has 0 aliphatic rings. The van der Waals surface area contributed by atoms with Crippen LogP contribution in [0.2, 0.25) is 0 Å². The highest BCUT2D eigenvalue weighted by atomic mass is 19.1. The first-order valence-electron chi connectivity index (χ1n) is 5.55. The molecule has 1 heterocycles. The van der Waals surface area contributed by atoms with Gasteiger partial charge in [-0.1, -0.05) is 13.8 Å². The lowest BCUT2D eigenvalue weighted by atomic mass is 10.1. The van der Waals surface area contributed by atoms with Crippen LogP contribution in [0.15, 0.2) is 27.6 Å². The number of oxazole rings is 1. The van der Waals surface area contributed by atoms with E-state index in [0.717, 1.165) is 16.7 Å².